The molecule has 0 radical (unpaired) electrons. The van der Waals surface area contributed by atoms with Crippen LogP contribution in [0.2, 0.25) is 0 Å². The van der Waals surface area contributed by atoms with Crippen molar-refractivity contribution in [2.24, 2.45) is 11.3 Å². The maximum atomic E-state index is 10.5. The molecule has 3 heteroatoms. The van der Waals surface area contributed by atoms with Crippen LogP contribution >= 0.6 is 0 Å². The van der Waals surface area contributed by atoms with Crippen LogP contribution in [0.15, 0.2) is 30.3 Å². The Labute approximate surface area is 128 Å². The van der Waals surface area contributed by atoms with Gasteiger partial charge in [0.1, 0.15) is 0 Å². The molecule has 1 aliphatic heterocycles. The van der Waals surface area contributed by atoms with Gasteiger partial charge in [-0.2, -0.15) is 5.26 Å². The van der Waals surface area contributed by atoms with Gasteiger partial charge in [-0.15, -0.1) is 0 Å². The van der Waals surface area contributed by atoms with Gasteiger partial charge in [0.05, 0.1) is 17.6 Å². The summed E-state index contributed by atoms with van der Waals surface area (Å²) in [7, 11) is 0. The van der Waals surface area contributed by atoms with Crippen LogP contribution in [-0.4, -0.2) is 29.6 Å². The molecular formula is C18H26N2O. The van der Waals surface area contributed by atoms with E-state index < -0.39 is 0 Å². The van der Waals surface area contributed by atoms with E-state index in [1.807, 2.05) is 44.2 Å². The molecule has 0 spiro atoms. The largest absolute Gasteiger partial charge is 0.388 e. The summed E-state index contributed by atoms with van der Waals surface area (Å²) >= 11 is 0. The Bertz CT molecular complexity index is 470. The van der Waals surface area contributed by atoms with Crippen LogP contribution in [0, 0.1) is 22.7 Å². The molecule has 1 N–H and O–H groups in total. The number of hydrogen-bond donors (Lipinski definition) is 1. The van der Waals surface area contributed by atoms with Crippen LogP contribution in [0.1, 0.15) is 44.8 Å². The van der Waals surface area contributed by atoms with Gasteiger partial charge in [0.25, 0.3) is 0 Å². The molecule has 0 aromatic heterocycles. The molecule has 1 aliphatic rings. The van der Waals surface area contributed by atoms with Crippen molar-refractivity contribution in [3.05, 3.63) is 35.9 Å². The molecule has 21 heavy (non-hydrogen) atoms. The summed E-state index contributed by atoms with van der Waals surface area (Å²) in [6.07, 6.45) is 2.63. The zero-order valence-corrected chi connectivity index (χ0v) is 13.1. The van der Waals surface area contributed by atoms with Gasteiger partial charge >= 0.3 is 0 Å². The van der Waals surface area contributed by atoms with Crippen LogP contribution < -0.4 is 0 Å². The molecule has 1 fully saturated rings. The van der Waals surface area contributed by atoms with E-state index in [-0.39, 0.29) is 11.5 Å². The lowest BCUT2D eigenvalue weighted by molar-refractivity contribution is 0.0567. The van der Waals surface area contributed by atoms with Crippen LogP contribution in [0.4, 0.5) is 0 Å². The van der Waals surface area contributed by atoms with Crippen molar-refractivity contribution >= 4 is 0 Å². The molecule has 1 heterocycles. The van der Waals surface area contributed by atoms with Gasteiger partial charge in [0.2, 0.25) is 0 Å². The summed E-state index contributed by atoms with van der Waals surface area (Å²) in [4.78, 5) is 2.42. The third kappa shape index (κ3) is 4.56. The lowest BCUT2D eigenvalue weighted by Crippen LogP contribution is -2.37. The van der Waals surface area contributed by atoms with E-state index in [4.69, 9.17) is 5.26 Å². The highest BCUT2D eigenvalue weighted by atomic mass is 16.3. The Morgan fingerprint density at radius 3 is 2.48 bits per heavy atom. The third-order valence-electron chi connectivity index (χ3n) is 4.58. The minimum atomic E-state index is -0.344. The highest BCUT2D eigenvalue weighted by Crippen LogP contribution is 2.31. The number of aliphatic hydroxyl groups is 1. The molecule has 1 atom stereocenters. The summed E-state index contributed by atoms with van der Waals surface area (Å²) in [6, 6.07) is 12.3. The maximum absolute atomic E-state index is 10.5. The number of likely N-dealkylation sites (tertiary alicyclic amines) is 1. The number of rotatable bonds is 5. The highest BCUT2D eigenvalue weighted by Gasteiger charge is 2.27. The Kier molecular flexibility index (Phi) is 5.39. The molecule has 0 saturated carbocycles. The zero-order chi connectivity index (χ0) is 15.3. The second-order valence-corrected chi connectivity index (χ2v) is 6.78. The topological polar surface area (TPSA) is 47.3 Å². The van der Waals surface area contributed by atoms with E-state index in [9.17, 15) is 5.11 Å². The molecule has 2 rings (SSSR count). The van der Waals surface area contributed by atoms with E-state index in [0.29, 0.717) is 5.92 Å². The number of hydrogen-bond acceptors (Lipinski definition) is 3. The molecule has 114 valence electrons. The smallest absolute Gasteiger partial charge is 0.0819 e. The third-order valence-corrected chi connectivity index (χ3v) is 4.58. The quantitative estimate of drug-likeness (QED) is 0.902. The Morgan fingerprint density at radius 2 is 1.90 bits per heavy atom. The van der Waals surface area contributed by atoms with E-state index in [2.05, 4.69) is 11.0 Å². The lowest BCUT2D eigenvalue weighted by atomic mass is 9.86. The fourth-order valence-electron chi connectivity index (χ4n) is 2.91. The van der Waals surface area contributed by atoms with E-state index in [0.717, 1.165) is 44.5 Å². The molecule has 1 unspecified atom stereocenters. The van der Waals surface area contributed by atoms with E-state index in [1.54, 1.807) is 0 Å². The number of piperidine rings is 1. The van der Waals surface area contributed by atoms with Crippen LogP contribution in [0.3, 0.4) is 0 Å². The Hall–Kier alpha value is -1.37. The summed E-state index contributed by atoms with van der Waals surface area (Å²) in [5, 5.41) is 19.5. The average molecular weight is 286 g/mol. The van der Waals surface area contributed by atoms with E-state index >= 15 is 0 Å². The van der Waals surface area contributed by atoms with Gasteiger partial charge in [0, 0.05) is 0 Å². The summed E-state index contributed by atoms with van der Waals surface area (Å²) in [5.74, 6) is 0.354. The van der Waals surface area contributed by atoms with Gasteiger partial charge in [-0.3, -0.25) is 0 Å². The summed E-state index contributed by atoms with van der Waals surface area (Å²) in [6.45, 7) is 7.03. The van der Waals surface area contributed by atoms with Crippen LogP contribution in [0.5, 0.6) is 0 Å². The van der Waals surface area contributed by atoms with Crippen LogP contribution in [0.25, 0.3) is 0 Å². The molecule has 3 nitrogen and oxygen atoms in total. The first-order valence-electron chi connectivity index (χ1n) is 7.88. The molecule has 0 amide bonds. The Balaban J connectivity index is 1.80. The molecule has 1 aromatic carbocycles. The van der Waals surface area contributed by atoms with Gasteiger partial charge in [0.15, 0.2) is 0 Å². The van der Waals surface area contributed by atoms with Crippen LogP contribution in [-0.2, 0) is 0 Å². The molecule has 1 aromatic rings. The van der Waals surface area contributed by atoms with Gasteiger partial charge in [-0.05, 0) is 64.2 Å². The number of benzene rings is 1. The SMILES string of the molecule is CC(C)(C#N)CCN1CCC(C(O)c2ccccc2)CC1. The second-order valence-electron chi connectivity index (χ2n) is 6.78. The normalized spacial score (nSPS) is 19.1. The monoisotopic (exact) mass is 286 g/mol. The van der Waals surface area contributed by atoms with Crippen molar-refractivity contribution in [2.45, 2.75) is 39.2 Å². The number of aliphatic hydroxyl groups excluding tert-OH is 1. The predicted octanol–water partition coefficient (Wildman–Crippen LogP) is 3.37. The minimum Gasteiger partial charge on any atom is -0.388 e. The van der Waals surface area contributed by atoms with Crippen molar-refractivity contribution in [1.29, 1.82) is 5.26 Å². The van der Waals surface area contributed by atoms with Crippen molar-refractivity contribution in [1.82, 2.24) is 4.90 Å². The molecule has 1 saturated heterocycles. The van der Waals surface area contributed by atoms with E-state index in [1.165, 1.54) is 0 Å². The maximum Gasteiger partial charge on any atom is 0.0819 e. The first kappa shape index (κ1) is 16.0. The molecule has 0 aliphatic carbocycles. The lowest BCUT2D eigenvalue weighted by Gasteiger charge is -2.35. The zero-order valence-electron chi connectivity index (χ0n) is 13.1. The fourth-order valence-corrected chi connectivity index (χ4v) is 2.91. The summed E-state index contributed by atoms with van der Waals surface area (Å²) in [5.41, 5.74) is 0.794. The van der Waals surface area contributed by atoms with Crippen molar-refractivity contribution in [3.63, 3.8) is 0 Å². The average Bonchev–Trinajstić information content (AvgIpc) is 2.54. The predicted molar refractivity (Wildman–Crippen MR) is 84.6 cm³/mol. The minimum absolute atomic E-state index is 0.236. The van der Waals surface area contributed by atoms with Crippen molar-refractivity contribution in [2.75, 3.05) is 19.6 Å². The fraction of sp³-hybridized carbons (Fsp3) is 0.611. The van der Waals surface area contributed by atoms with Gasteiger partial charge in [-0.25, -0.2) is 0 Å². The summed E-state index contributed by atoms with van der Waals surface area (Å²) < 4.78 is 0. The van der Waals surface area contributed by atoms with Gasteiger partial charge in [-0.1, -0.05) is 30.3 Å². The van der Waals surface area contributed by atoms with Gasteiger partial charge < -0.3 is 10.0 Å². The molecule has 0 bridgehead atoms. The first-order chi connectivity index (χ1) is 10.0. The standard InChI is InChI=1S/C18H26N2O/c1-18(2,14-19)10-13-20-11-8-16(9-12-20)17(21)15-6-4-3-5-7-15/h3-7,16-17,21H,8-13H2,1-2H3. The first-order valence-corrected chi connectivity index (χ1v) is 7.88. The van der Waals surface area contributed by atoms with Crippen molar-refractivity contribution < 1.29 is 5.11 Å². The number of nitrogens with zero attached hydrogens (tertiary/aromatic N) is 2. The Morgan fingerprint density at radius 1 is 1.29 bits per heavy atom. The second kappa shape index (κ2) is 7.06. The molecular weight excluding hydrogens is 260 g/mol. The number of nitriles is 1. The van der Waals surface area contributed by atoms with Crippen molar-refractivity contribution in [3.8, 4) is 6.07 Å². The highest BCUT2D eigenvalue weighted by molar-refractivity contribution is 5.18.